The van der Waals surface area contributed by atoms with Gasteiger partial charge in [0, 0.05) is 18.3 Å². The molecule has 1 aromatic heterocycles. The van der Waals surface area contributed by atoms with Gasteiger partial charge in [0.15, 0.2) is 0 Å². The standard InChI is InChI=1S/C15H13N3O3/c19-14(13-6-9-3-1-2-4-12(9)18-13)17-11-5-10(15(20)21)7-16-8-11/h1-5,7-8,13,18H,6H2,(H,17,19)(H,20,21). The lowest BCUT2D eigenvalue weighted by molar-refractivity contribution is -0.116. The van der Waals surface area contributed by atoms with Crippen molar-refractivity contribution in [3.63, 3.8) is 0 Å². The third kappa shape index (κ3) is 2.69. The zero-order valence-corrected chi connectivity index (χ0v) is 11.0. The Morgan fingerprint density at radius 2 is 2.10 bits per heavy atom. The first-order valence-electron chi connectivity index (χ1n) is 6.47. The average Bonchev–Trinajstić information content (AvgIpc) is 2.91. The van der Waals surface area contributed by atoms with Gasteiger partial charge in [-0.15, -0.1) is 0 Å². The molecule has 0 spiro atoms. The number of nitrogens with one attached hydrogen (secondary N) is 2. The molecule has 21 heavy (non-hydrogen) atoms. The topological polar surface area (TPSA) is 91.3 Å². The molecule has 0 fully saturated rings. The third-order valence-electron chi connectivity index (χ3n) is 3.34. The highest BCUT2D eigenvalue weighted by molar-refractivity contribution is 5.98. The maximum atomic E-state index is 12.2. The van der Waals surface area contributed by atoms with Crippen LogP contribution in [0.2, 0.25) is 0 Å². The summed E-state index contributed by atoms with van der Waals surface area (Å²) in [6.07, 6.45) is 3.27. The van der Waals surface area contributed by atoms with Crippen LogP contribution in [0.5, 0.6) is 0 Å². The Balaban J connectivity index is 1.71. The van der Waals surface area contributed by atoms with E-state index in [0.29, 0.717) is 12.1 Å². The Morgan fingerprint density at radius 3 is 2.86 bits per heavy atom. The molecular formula is C15H13N3O3. The molecule has 2 heterocycles. The van der Waals surface area contributed by atoms with Crippen molar-refractivity contribution < 1.29 is 14.7 Å². The smallest absolute Gasteiger partial charge is 0.337 e. The third-order valence-corrected chi connectivity index (χ3v) is 3.34. The van der Waals surface area contributed by atoms with Gasteiger partial charge in [0.2, 0.25) is 5.91 Å². The molecule has 1 atom stereocenters. The number of fused-ring (bicyclic) bond motifs is 1. The van der Waals surface area contributed by atoms with Crippen LogP contribution in [0.15, 0.2) is 42.7 Å². The van der Waals surface area contributed by atoms with Gasteiger partial charge >= 0.3 is 5.97 Å². The Labute approximate surface area is 120 Å². The van der Waals surface area contributed by atoms with Crippen LogP contribution in [0.4, 0.5) is 11.4 Å². The van der Waals surface area contributed by atoms with Gasteiger partial charge in [-0.25, -0.2) is 4.79 Å². The van der Waals surface area contributed by atoms with Crippen molar-refractivity contribution in [1.29, 1.82) is 0 Å². The van der Waals surface area contributed by atoms with Crippen LogP contribution < -0.4 is 10.6 Å². The first kappa shape index (κ1) is 13.1. The van der Waals surface area contributed by atoms with Crippen LogP contribution >= 0.6 is 0 Å². The van der Waals surface area contributed by atoms with E-state index in [1.807, 2.05) is 24.3 Å². The number of hydrogen-bond acceptors (Lipinski definition) is 4. The van der Waals surface area contributed by atoms with E-state index in [4.69, 9.17) is 5.11 Å². The first-order chi connectivity index (χ1) is 10.1. The van der Waals surface area contributed by atoms with Crippen molar-refractivity contribution in [2.24, 2.45) is 0 Å². The molecule has 0 bridgehead atoms. The van der Waals surface area contributed by atoms with Crippen LogP contribution in [-0.4, -0.2) is 28.0 Å². The quantitative estimate of drug-likeness (QED) is 0.798. The number of rotatable bonds is 3. The van der Waals surface area contributed by atoms with Crippen molar-refractivity contribution >= 4 is 23.3 Å². The molecule has 0 saturated heterocycles. The average molecular weight is 283 g/mol. The summed E-state index contributed by atoms with van der Waals surface area (Å²) >= 11 is 0. The molecule has 0 radical (unpaired) electrons. The number of aromatic nitrogens is 1. The second kappa shape index (κ2) is 5.24. The van der Waals surface area contributed by atoms with Gasteiger partial charge in [-0.05, 0) is 17.7 Å². The van der Waals surface area contributed by atoms with Crippen LogP contribution in [0, 0.1) is 0 Å². The number of anilines is 2. The maximum absolute atomic E-state index is 12.2. The first-order valence-corrected chi connectivity index (χ1v) is 6.47. The molecule has 0 saturated carbocycles. The molecule has 2 aromatic rings. The number of para-hydroxylation sites is 1. The summed E-state index contributed by atoms with van der Waals surface area (Å²) in [5, 5.41) is 14.7. The Hall–Kier alpha value is -2.89. The lowest BCUT2D eigenvalue weighted by atomic mass is 10.1. The van der Waals surface area contributed by atoms with Crippen molar-refractivity contribution in [2.75, 3.05) is 10.6 Å². The molecule has 0 aliphatic carbocycles. The zero-order valence-electron chi connectivity index (χ0n) is 11.0. The van der Waals surface area contributed by atoms with E-state index >= 15 is 0 Å². The predicted octanol–water partition coefficient (Wildman–Crippen LogP) is 1.76. The molecule has 1 unspecified atom stereocenters. The largest absolute Gasteiger partial charge is 0.478 e. The Bertz CT molecular complexity index is 690. The molecule has 3 N–H and O–H groups in total. The van der Waals surface area contributed by atoms with Gasteiger partial charge in [0.05, 0.1) is 17.4 Å². The number of carbonyl (C=O) groups excluding carboxylic acids is 1. The maximum Gasteiger partial charge on any atom is 0.337 e. The highest BCUT2D eigenvalue weighted by Crippen LogP contribution is 2.25. The molecule has 1 aromatic carbocycles. The van der Waals surface area contributed by atoms with Crippen molar-refractivity contribution in [2.45, 2.75) is 12.5 Å². The van der Waals surface area contributed by atoms with Crippen molar-refractivity contribution in [3.05, 3.63) is 53.9 Å². The molecule has 1 aliphatic rings. The molecule has 6 heteroatoms. The molecular weight excluding hydrogens is 270 g/mol. The number of benzene rings is 1. The van der Waals surface area contributed by atoms with Gasteiger partial charge < -0.3 is 15.7 Å². The zero-order chi connectivity index (χ0) is 14.8. The van der Waals surface area contributed by atoms with Crippen LogP contribution in [0.25, 0.3) is 0 Å². The van der Waals surface area contributed by atoms with Gasteiger partial charge in [0.25, 0.3) is 0 Å². The van der Waals surface area contributed by atoms with Crippen LogP contribution in [-0.2, 0) is 11.2 Å². The highest BCUT2D eigenvalue weighted by Gasteiger charge is 2.26. The van der Waals surface area contributed by atoms with E-state index in [1.165, 1.54) is 18.5 Å². The number of pyridine rings is 1. The van der Waals surface area contributed by atoms with Crippen LogP contribution in [0.1, 0.15) is 15.9 Å². The minimum absolute atomic E-state index is 0.0375. The molecule has 1 aliphatic heterocycles. The van der Waals surface area contributed by atoms with E-state index in [9.17, 15) is 9.59 Å². The summed E-state index contributed by atoms with van der Waals surface area (Å²) < 4.78 is 0. The highest BCUT2D eigenvalue weighted by atomic mass is 16.4. The molecule has 6 nitrogen and oxygen atoms in total. The van der Waals surface area contributed by atoms with E-state index in [-0.39, 0.29) is 17.5 Å². The normalized spacial score (nSPS) is 15.9. The summed E-state index contributed by atoms with van der Waals surface area (Å²) in [4.78, 5) is 26.9. The summed E-state index contributed by atoms with van der Waals surface area (Å²) in [7, 11) is 0. The molecule has 1 amide bonds. The summed E-state index contributed by atoms with van der Waals surface area (Å²) in [6, 6.07) is 8.76. The van der Waals surface area contributed by atoms with Gasteiger partial charge in [-0.1, -0.05) is 18.2 Å². The van der Waals surface area contributed by atoms with E-state index in [1.54, 1.807) is 0 Å². The summed E-state index contributed by atoms with van der Waals surface area (Å²) in [5.74, 6) is -1.29. The minimum atomic E-state index is -1.08. The van der Waals surface area contributed by atoms with Gasteiger partial charge in [-0.3, -0.25) is 9.78 Å². The number of carbonyl (C=O) groups is 2. The summed E-state index contributed by atoms with van der Waals surface area (Å²) in [5.41, 5.74) is 2.46. The van der Waals surface area contributed by atoms with E-state index in [2.05, 4.69) is 15.6 Å². The number of carboxylic acids is 1. The second-order valence-corrected chi connectivity index (χ2v) is 4.81. The Morgan fingerprint density at radius 1 is 1.29 bits per heavy atom. The van der Waals surface area contributed by atoms with Crippen LogP contribution in [0.3, 0.4) is 0 Å². The fourth-order valence-electron chi connectivity index (χ4n) is 2.31. The number of nitrogens with zero attached hydrogens (tertiary/aromatic N) is 1. The van der Waals surface area contributed by atoms with Gasteiger partial charge in [0.1, 0.15) is 6.04 Å². The Kier molecular flexibility index (Phi) is 3.27. The van der Waals surface area contributed by atoms with E-state index in [0.717, 1.165) is 11.3 Å². The monoisotopic (exact) mass is 283 g/mol. The predicted molar refractivity (Wildman–Crippen MR) is 77.4 cm³/mol. The van der Waals surface area contributed by atoms with Crippen molar-refractivity contribution in [1.82, 2.24) is 4.98 Å². The minimum Gasteiger partial charge on any atom is -0.478 e. The fraction of sp³-hybridized carbons (Fsp3) is 0.133. The molecule has 3 rings (SSSR count). The lowest BCUT2D eigenvalue weighted by Crippen LogP contribution is -2.32. The lowest BCUT2D eigenvalue weighted by Gasteiger charge is -2.12. The fourth-order valence-corrected chi connectivity index (χ4v) is 2.31. The number of amides is 1. The number of hydrogen-bond donors (Lipinski definition) is 3. The number of carboxylic acid groups (broad SMARTS) is 1. The van der Waals surface area contributed by atoms with E-state index < -0.39 is 5.97 Å². The van der Waals surface area contributed by atoms with Crippen molar-refractivity contribution in [3.8, 4) is 0 Å². The SMILES string of the molecule is O=C(O)c1cncc(NC(=O)C2Cc3ccccc3N2)c1. The number of aromatic carboxylic acids is 1. The van der Waals surface area contributed by atoms with Gasteiger partial charge in [-0.2, -0.15) is 0 Å². The molecule has 106 valence electrons. The summed E-state index contributed by atoms with van der Waals surface area (Å²) in [6.45, 7) is 0. The second-order valence-electron chi connectivity index (χ2n) is 4.81.